The third-order valence-electron chi connectivity index (χ3n) is 5.19. The van der Waals surface area contributed by atoms with Gasteiger partial charge >= 0.3 is 0 Å². The van der Waals surface area contributed by atoms with Gasteiger partial charge in [0.2, 0.25) is 5.91 Å². The lowest BCUT2D eigenvalue weighted by Gasteiger charge is -2.33. The van der Waals surface area contributed by atoms with Crippen LogP contribution < -0.4 is 11.1 Å². The molecule has 0 bridgehead atoms. The van der Waals surface area contributed by atoms with Gasteiger partial charge < -0.3 is 25.6 Å². The van der Waals surface area contributed by atoms with Crippen molar-refractivity contribution in [3.8, 4) is 21.8 Å². The zero-order chi connectivity index (χ0) is 21.5. The topological polar surface area (TPSA) is 135 Å². The number of nitrogens with zero attached hydrogens (tertiary/aromatic N) is 3. The minimum Gasteiger partial charge on any atom is -0.381 e. The quantitative estimate of drug-likeness (QED) is 0.567. The van der Waals surface area contributed by atoms with Crippen LogP contribution in [0.15, 0.2) is 34.9 Å². The molecule has 2 amide bonds. The Bertz CT molecular complexity index is 1120. The highest BCUT2D eigenvalue weighted by Gasteiger charge is 2.40. The van der Waals surface area contributed by atoms with Crippen LogP contribution in [0.2, 0.25) is 0 Å². The molecule has 1 fully saturated rings. The Kier molecular flexibility index (Phi) is 5.04. The van der Waals surface area contributed by atoms with Crippen LogP contribution in [0.1, 0.15) is 29.1 Å². The molecule has 2 aromatic heterocycles. The number of nitrogens with two attached hydrogens (primary N) is 1. The van der Waals surface area contributed by atoms with Gasteiger partial charge in [0.25, 0.3) is 5.91 Å². The summed E-state index contributed by atoms with van der Waals surface area (Å²) in [7, 11) is 3.41. The van der Waals surface area contributed by atoms with Crippen LogP contribution in [0.5, 0.6) is 0 Å². The first kappa shape index (κ1) is 20.0. The number of aromatic nitrogens is 2. The number of nitrogens with one attached hydrogen (secondary N) is 1. The van der Waals surface area contributed by atoms with Crippen LogP contribution >= 0.6 is 11.3 Å². The largest absolute Gasteiger partial charge is 0.381 e. The third-order valence-corrected chi connectivity index (χ3v) is 6.31. The molecular weight excluding hydrogens is 406 g/mol. The maximum atomic E-state index is 12.0. The van der Waals surface area contributed by atoms with Gasteiger partial charge in [0.05, 0.1) is 6.42 Å². The van der Waals surface area contributed by atoms with Crippen LogP contribution in [-0.4, -0.2) is 52.6 Å². The molecule has 1 aliphatic rings. The number of amides is 2. The Morgan fingerprint density at radius 2 is 2.13 bits per heavy atom. The van der Waals surface area contributed by atoms with Gasteiger partial charge in [-0.1, -0.05) is 34.7 Å². The number of hydrogen-bond donors (Lipinski definition) is 3. The fourth-order valence-corrected chi connectivity index (χ4v) is 4.30. The first-order valence-electron chi connectivity index (χ1n) is 9.33. The number of benzene rings is 1. The molecule has 30 heavy (non-hydrogen) atoms. The molecule has 4 N–H and O–H groups in total. The highest BCUT2D eigenvalue weighted by molar-refractivity contribution is 7.19. The Labute approximate surface area is 176 Å². The van der Waals surface area contributed by atoms with Crippen LogP contribution in [0, 0.1) is 0 Å². The molecule has 1 aromatic carbocycles. The van der Waals surface area contributed by atoms with Crippen LogP contribution in [-0.2, 0) is 10.4 Å². The zero-order valence-corrected chi connectivity index (χ0v) is 17.3. The summed E-state index contributed by atoms with van der Waals surface area (Å²) in [6, 6.07) is 9.10. The first-order chi connectivity index (χ1) is 14.3. The first-order valence-corrected chi connectivity index (χ1v) is 10.1. The van der Waals surface area contributed by atoms with Crippen molar-refractivity contribution in [3.63, 3.8) is 0 Å². The van der Waals surface area contributed by atoms with Gasteiger partial charge in [-0.3, -0.25) is 9.59 Å². The molecule has 0 spiro atoms. The number of carbonyl (C=O) groups is 2. The van der Waals surface area contributed by atoms with Gasteiger partial charge in [-0.05, 0) is 6.07 Å². The van der Waals surface area contributed by atoms with E-state index in [-0.39, 0.29) is 23.8 Å². The van der Waals surface area contributed by atoms with Gasteiger partial charge in [0.1, 0.15) is 21.3 Å². The maximum Gasteiger partial charge on any atom is 0.270 e. The molecule has 10 heteroatoms. The predicted octanol–water partition coefficient (Wildman–Crippen LogP) is 2.05. The Morgan fingerprint density at radius 1 is 1.37 bits per heavy atom. The number of carbonyl (C=O) groups excluding carboxylic acids is 2. The fourth-order valence-electron chi connectivity index (χ4n) is 3.38. The summed E-state index contributed by atoms with van der Waals surface area (Å²) in [6.07, 6.45) is 0.339. The van der Waals surface area contributed by atoms with Crippen LogP contribution in [0.3, 0.4) is 0 Å². The molecule has 4 rings (SSSR count). The Morgan fingerprint density at radius 3 is 2.80 bits per heavy atom. The maximum absolute atomic E-state index is 12.0. The lowest BCUT2D eigenvalue weighted by Crippen LogP contribution is -2.44. The third kappa shape index (κ3) is 3.55. The SMILES string of the molecule is CNc1sc(-c2cccc(-c3cc(C4(O)CCN(C)C(=O)C4)on3)c2)nc1C(N)=O. The molecule has 156 valence electrons. The molecule has 0 aliphatic carbocycles. The molecule has 1 aliphatic heterocycles. The second-order valence-electron chi connectivity index (χ2n) is 7.24. The summed E-state index contributed by atoms with van der Waals surface area (Å²) in [5.74, 6) is -0.467. The molecule has 0 saturated carbocycles. The number of hydrogen-bond acceptors (Lipinski definition) is 8. The monoisotopic (exact) mass is 427 g/mol. The zero-order valence-electron chi connectivity index (χ0n) is 16.5. The van der Waals surface area contributed by atoms with Gasteiger partial charge in [-0.15, -0.1) is 0 Å². The van der Waals surface area contributed by atoms with E-state index in [0.717, 1.165) is 11.1 Å². The molecule has 3 aromatic rings. The molecular formula is C20H21N5O4S. The number of piperidine rings is 1. The Hall–Kier alpha value is -3.24. The van der Waals surface area contributed by atoms with E-state index in [4.69, 9.17) is 10.3 Å². The minimum atomic E-state index is -1.36. The van der Waals surface area contributed by atoms with E-state index in [1.807, 2.05) is 24.3 Å². The van der Waals surface area contributed by atoms with E-state index in [0.29, 0.717) is 28.7 Å². The van der Waals surface area contributed by atoms with E-state index in [2.05, 4.69) is 15.5 Å². The minimum absolute atomic E-state index is 0.0417. The lowest BCUT2D eigenvalue weighted by atomic mass is 9.88. The number of aliphatic hydroxyl groups is 1. The van der Waals surface area contributed by atoms with E-state index >= 15 is 0 Å². The standard InChI is InChI=1S/C20H21N5O4S/c1-22-19-16(17(21)27)23-18(30-19)12-5-3-4-11(8-12)13-9-14(29-24-13)20(28)6-7-25(2)15(26)10-20/h3-5,8-9,22,28H,6-7,10H2,1-2H3,(H2,21,27). The van der Waals surface area contributed by atoms with Crippen molar-refractivity contribution in [2.24, 2.45) is 5.73 Å². The predicted molar refractivity (Wildman–Crippen MR) is 112 cm³/mol. The lowest BCUT2D eigenvalue weighted by molar-refractivity contribution is -0.144. The Balaban J connectivity index is 1.64. The highest BCUT2D eigenvalue weighted by atomic mass is 32.1. The van der Waals surface area contributed by atoms with E-state index < -0.39 is 11.5 Å². The number of likely N-dealkylation sites (tertiary alicyclic amines) is 1. The van der Waals surface area contributed by atoms with Gasteiger partial charge in [0, 0.05) is 44.3 Å². The average Bonchev–Trinajstić information content (AvgIpc) is 3.39. The molecule has 9 nitrogen and oxygen atoms in total. The van der Waals surface area contributed by atoms with Crippen LogP contribution in [0.4, 0.5) is 5.00 Å². The highest BCUT2D eigenvalue weighted by Crippen LogP contribution is 2.37. The summed E-state index contributed by atoms with van der Waals surface area (Å²) in [5.41, 5.74) is 6.32. The van der Waals surface area contributed by atoms with Gasteiger partial charge in [0.15, 0.2) is 11.5 Å². The second kappa shape index (κ2) is 7.54. The summed E-state index contributed by atoms with van der Waals surface area (Å²) in [6.45, 7) is 0.445. The molecule has 1 unspecified atom stereocenters. The van der Waals surface area contributed by atoms with Crippen molar-refractivity contribution in [1.29, 1.82) is 0 Å². The van der Waals surface area contributed by atoms with Gasteiger partial charge in [-0.25, -0.2) is 4.98 Å². The summed E-state index contributed by atoms with van der Waals surface area (Å²) in [4.78, 5) is 29.5. The van der Waals surface area contributed by atoms with Crippen molar-refractivity contribution in [2.45, 2.75) is 18.4 Å². The second-order valence-corrected chi connectivity index (χ2v) is 8.24. The number of thiazole rings is 1. The van der Waals surface area contributed by atoms with Crippen molar-refractivity contribution < 1.29 is 19.2 Å². The number of rotatable bonds is 5. The molecule has 3 heterocycles. The van der Waals surface area contributed by atoms with Crippen LogP contribution in [0.25, 0.3) is 21.8 Å². The van der Waals surface area contributed by atoms with Crippen molar-refractivity contribution >= 4 is 28.2 Å². The average molecular weight is 427 g/mol. The normalized spacial score (nSPS) is 19.2. The van der Waals surface area contributed by atoms with E-state index in [1.54, 1.807) is 25.1 Å². The molecule has 0 radical (unpaired) electrons. The summed E-state index contributed by atoms with van der Waals surface area (Å²) < 4.78 is 5.41. The van der Waals surface area contributed by atoms with E-state index in [1.165, 1.54) is 11.3 Å². The summed E-state index contributed by atoms with van der Waals surface area (Å²) >= 11 is 1.32. The molecule has 1 saturated heterocycles. The summed E-state index contributed by atoms with van der Waals surface area (Å²) in [5, 5.41) is 19.2. The molecule has 1 atom stereocenters. The van der Waals surface area contributed by atoms with Crippen molar-refractivity contribution in [1.82, 2.24) is 15.0 Å². The van der Waals surface area contributed by atoms with Gasteiger partial charge in [-0.2, -0.15) is 0 Å². The number of primary amides is 1. The fraction of sp³-hybridized carbons (Fsp3) is 0.300. The van der Waals surface area contributed by atoms with Crippen molar-refractivity contribution in [2.75, 3.05) is 26.0 Å². The smallest absolute Gasteiger partial charge is 0.270 e. The van der Waals surface area contributed by atoms with E-state index in [9.17, 15) is 14.7 Å². The van der Waals surface area contributed by atoms with Crippen molar-refractivity contribution in [3.05, 3.63) is 41.8 Å². The number of anilines is 1.